The van der Waals surface area contributed by atoms with Gasteiger partial charge in [0, 0.05) is 8.95 Å². The van der Waals surface area contributed by atoms with Gasteiger partial charge in [-0.1, -0.05) is 95.7 Å². The maximum Gasteiger partial charge on any atom is 0.269 e. The van der Waals surface area contributed by atoms with E-state index < -0.39 is 6.08 Å². The van der Waals surface area contributed by atoms with Crippen molar-refractivity contribution in [1.82, 2.24) is 0 Å². The summed E-state index contributed by atoms with van der Waals surface area (Å²) in [6, 6.07) is 16.3. The number of rotatable bonds is 12. The van der Waals surface area contributed by atoms with E-state index in [0.29, 0.717) is 18.4 Å². The Morgan fingerprint density at radius 3 is 1.37 bits per heavy atom. The highest BCUT2D eigenvalue weighted by Gasteiger charge is 2.21. The molecule has 0 amide bonds. The van der Waals surface area contributed by atoms with Crippen LogP contribution in [-0.2, 0) is 0 Å². The van der Waals surface area contributed by atoms with E-state index in [4.69, 9.17) is 0 Å². The Kier molecular flexibility index (Phi) is 11.3. The van der Waals surface area contributed by atoms with Crippen molar-refractivity contribution in [1.29, 1.82) is 0 Å². The fourth-order valence-electron chi connectivity index (χ4n) is 3.98. The number of unbranched alkanes of at least 4 members (excludes halogenated alkanes) is 2. The van der Waals surface area contributed by atoms with Gasteiger partial charge in [-0.15, -0.1) is 0 Å². The van der Waals surface area contributed by atoms with Gasteiger partial charge < -0.3 is 0 Å². The molecule has 0 radical (unpaired) electrons. The van der Waals surface area contributed by atoms with Crippen LogP contribution in [0.5, 0.6) is 0 Å². The van der Waals surface area contributed by atoms with Gasteiger partial charge in [-0.25, -0.2) is 0 Å². The van der Waals surface area contributed by atoms with E-state index in [1.54, 1.807) is 0 Å². The molecular formula is C26H32Br2F2. The molecule has 2 rings (SSSR count). The first-order valence-corrected chi connectivity index (χ1v) is 12.6. The van der Waals surface area contributed by atoms with E-state index in [0.717, 1.165) is 58.6 Å². The summed E-state index contributed by atoms with van der Waals surface area (Å²) in [4.78, 5) is 0. The summed E-state index contributed by atoms with van der Waals surface area (Å²) in [5, 5.41) is 0. The largest absolute Gasteiger partial charge is 0.269 e. The Hall–Kier alpha value is -1.00. The van der Waals surface area contributed by atoms with Crippen molar-refractivity contribution in [3.05, 3.63) is 80.3 Å². The van der Waals surface area contributed by atoms with Crippen LogP contribution in [0.25, 0.3) is 0 Å². The van der Waals surface area contributed by atoms with E-state index in [-0.39, 0.29) is 11.8 Å². The first-order valence-electron chi connectivity index (χ1n) is 11.0. The lowest BCUT2D eigenvalue weighted by atomic mass is 9.82. The van der Waals surface area contributed by atoms with E-state index >= 15 is 0 Å². The molecule has 0 heterocycles. The predicted molar refractivity (Wildman–Crippen MR) is 131 cm³/mol. The molecule has 2 unspecified atom stereocenters. The van der Waals surface area contributed by atoms with Gasteiger partial charge in [0.1, 0.15) is 0 Å². The van der Waals surface area contributed by atoms with Crippen LogP contribution in [0.4, 0.5) is 8.78 Å². The lowest BCUT2D eigenvalue weighted by molar-refractivity contribution is 0.391. The van der Waals surface area contributed by atoms with Crippen LogP contribution in [0.15, 0.2) is 69.1 Å². The summed E-state index contributed by atoms with van der Waals surface area (Å²) < 4.78 is 30.2. The fraction of sp³-hybridized carbons (Fsp3) is 0.462. The minimum absolute atomic E-state index is 0.131. The summed E-state index contributed by atoms with van der Waals surface area (Å²) in [5.74, 6) is 0.262. The van der Waals surface area contributed by atoms with Gasteiger partial charge in [-0.2, -0.15) is 8.78 Å². The van der Waals surface area contributed by atoms with Crippen LogP contribution in [0.3, 0.4) is 0 Å². The van der Waals surface area contributed by atoms with Crippen LogP contribution in [0, 0.1) is 0 Å². The molecule has 0 nitrogen and oxygen atoms in total. The smallest absolute Gasteiger partial charge is 0.173 e. The lowest BCUT2D eigenvalue weighted by Crippen LogP contribution is -2.07. The molecule has 0 bridgehead atoms. The van der Waals surface area contributed by atoms with Crippen LogP contribution >= 0.6 is 31.9 Å². The molecule has 0 N–H and O–H groups in total. The zero-order valence-electron chi connectivity index (χ0n) is 17.9. The van der Waals surface area contributed by atoms with Gasteiger partial charge >= 0.3 is 0 Å². The molecule has 0 spiro atoms. The Balaban J connectivity index is 2.24. The zero-order chi connectivity index (χ0) is 21.9. The van der Waals surface area contributed by atoms with Crippen molar-refractivity contribution < 1.29 is 8.78 Å². The number of hydrogen-bond donors (Lipinski definition) is 0. The SMILES string of the molecule is CCCCC(CC(CC(CCCC)c1ccc(Br)cc1)=C(F)F)c1ccc(Br)cc1. The normalized spacial score (nSPS) is 13.1. The zero-order valence-corrected chi connectivity index (χ0v) is 21.1. The van der Waals surface area contributed by atoms with Crippen molar-refractivity contribution in [2.24, 2.45) is 0 Å². The standard InChI is InChI=1S/C26H32Br2F2/c1-3-5-7-21(19-9-13-24(27)14-10-19)17-23(26(29)30)18-22(8-6-4-2)20-11-15-25(28)16-12-20/h9-16,21-22H,3-8,17-18H2,1-2H3. The highest BCUT2D eigenvalue weighted by molar-refractivity contribution is 9.10. The van der Waals surface area contributed by atoms with E-state index in [9.17, 15) is 8.78 Å². The summed E-state index contributed by atoms with van der Waals surface area (Å²) in [5.41, 5.74) is 2.63. The first kappa shape index (κ1) is 25.3. The van der Waals surface area contributed by atoms with Crippen LogP contribution in [0.1, 0.15) is 88.2 Å². The molecule has 4 heteroatoms. The second-order valence-corrected chi connectivity index (χ2v) is 9.88. The third kappa shape index (κ3) is 8.26. The van der Waals surface area contributed by atoms with Crippen molar-refractivity contribution >= 4 is 31.9 Å². The van der Waals surface area contributed by atoms with Gasteiger partial charge in [0.05, 0.1) is 0 Å². The van der Waals surface area contributed by atoms with Crippen LogP contribution in [-0.4, -0.2) is 0 Å². The Labute approximate surface area is 197 Å². The van der Waals surface area contributed by atoms with E-state index in [1.807, 2.05) is 24.3 Å². The summed E-state index contributed by atoms with van der Waals surface area (Å²) in [6.45, 7) is 4.30. The first-order chi connectivity index (χ1) is 14.4. The molecule has 0 fully saturated rings. The highest BCUT2D eigenvalue weighted by atomic mass is 79.9. The second kappa shape index (κ2) is 13.4. The maximum absolute atomic E-state index is 14.1. The topological polar surface area (TPSA) is 0 Å². The van der Waals surface area contributed by atoms with Crippen molar-refractivity contribution in [2.75, 3.05) is 0 Å². The maximum atomic E-state index is 14.1. The molecule has 2 aromatic rings. The minimum atomic E-state index is -1.49. The monoisotopic (exact) mass is 540 g/mol. The highest BCUT2D eigenvalue weighted by Crippen LogP contribution is 2.38. The molecule has 0 aromatic heterocycles. The van der Waals surface area contributed by atoms with Gasteiger partial charge in [0.15, 0.2) is 0 Å². The minimum Gasteiger partial charge on any atom is -0.173 e. The Morgan fingerprint density at radius 1 is 0.700 bits per heavy atom. The van der Waals surface area contributed by atoms with Crippen molar-refractivity contribution in [2.45, 2.75) is 77.0 Å². The predicted octanol–water partition coefficient (Wildman–Crippen LogP) is 10.4. The second-order valence-electron chi connectivity index (χ2n) is 8.05. The van der Waals surface area contributed by atoms with Crippen molar-refractivity contribution in [3.63, 3.8) is 0 Å². The van der Waals surface area contributed by atoms with E-state index in [2.05, 4.69) is 70.0 Å². The van der Waals surface area contributed by atoms with Gasteiger partial charge in [0.25, 0.3) is 6.08 Å². The number of halogens is 4. The third-order valence-corrected chi connectivity index (χ3v) is 6.81. The van der Waals surface area contributed by atoms with Crippen LogP contribution in [0.2, 0.25) is 0 Å². The molecule has 0 saturated carbocycles. The molecular weight excluding hydrogens is 510 g/mol. The summed E-state index contributed by atoms with van der Waals surface area (Å²) in [7, 11) is 0. The molecule has 0 aliphatic carbocycles. The fourth-order valence-corrected chi connectivity index (χ4v) is 4.51. The number of benzene rings is 2. The van der Waals surface area contributed by atoms with Gasteiger partial charge in [-0.05, 0) is 78.5 Å². The average molecular weight is 542 g/mol. The average Bonchev–Trinajstić information content (AvgIpc) is 2.74. The Morgan fingerprint density at radius 2 is 1.07 bits per heavy atom. The van der Waals surface area contributed by atoms with Gasteiger partial charge in [-0.3, -0.25) is 0 Å². The van der Waals surface area contributed by atoms with E-state index in [1.165, 1.54) is 0 Å². The van der Waals surface area contributed by atoms with Crippen molar-refractivity contribution in [3.8, 4) is 0 Å². The van der Waals surface area contributed by atoms with Gasteiger partial charge in [0.2, 0.25) is 0 Å². The number of allylic oxidation sites excluding steroid dienone is 1. The Bertz CT molecular complexity index is 716. The molecule has 0 aliphatic rings. The molecule has 30 heavy (non-hydrogen) atoms. The molecule has 0 aliphatic heterocycles. The number of hydrogen-bond acceptors (Lipinski definition) is 0. The lowest BCUT2D eigenvalue weighted by Gasteiger charge is -2.23. The molecule has 164 valence electrons. The van der Waals surface area contributed by atoms with Crippen LogP contribution < -0.4 is 0 Å². The summed E-state index contributed by atoms with van der Waals surface area (Å²) in [6.07, 6.45) is 5.49. The third-order valence-electron chi connectivity index (χ3n) is 5.75. The quantitative estimate of drug-likeness (QED) is 0.250. The molecule has 2 atom stereocenters. The molecule has 0 saturated heterocycles. The summed E-state index contributed by atoms with van der Waals surface area (Å²) >= 11 is 6.95. The molecule has 2 aromatic carbocycles.